The Bertz CT molecular complexity index is 1270. The van der Waals surface area contributed by atoms with Crippen molar-refractivity contribution in [3.05, 3.63) is 113 Å². The van der Waals surface area contributed by atoms with Crippen molar-refractivity contribution in [2.75, 3.05) is 0 Å². The lowest BCUT2D eigenvalue weighted by molar-refractivity contribution is 0.819. The minimum absolute atomic E-state index is 0.221. The van der Waals surface area contributed by atoms with Crippen molar-refractivity contribution < 1.29 is 0 Å². The van der Waals surface area contributed by atoms with E-state index in [-0.39, 0.29) is 11.1 Å². The number of allylic oxidation sites excluding steroid dienone is 1. The first-order chi connectivity index (χ1) is 14.7. The summed E-state index contributed by atoms with van der Waals surface area (Å²) >= 11 is 0. The van der Waals surface area contributed by atoms with Gasteiger partial charge in [0, 0.05) is 24.7 Å². The summed E-state index contributed by atoms with van der Waals surface area (Å²) in [5.74, 6) is 0. The van der Waals surface area contributed by atoms with E-state index in [2.05, 4.69) is 15.2 Å². The predicted molar refractivity (Wildman–Crippen MR) is 118 cm³/mol. The number of nitrogens with two attached hydrogens (primary N) is 1. The van der Waals surface area contributed by atoms with Crippen LogP contribution in [-0.2, 0) is 0 Å². The lowest BCUT2D eigenvalue weighted by atomic mass is 10.1. The van der Waals surface area contributed by atoms with Crippen molar-refractivity contribution in [2.45, 2.75) is 6.92 Å². The average Bonchev–Trinajstić information content (AvgIpc) is 3.30. The van der Waals surface area contributed by atoms with Gasteiger partial charge in [0.05, 0.1) is 22.8 Å². The monoisotopic (exact) mass is 396 g/mol. The highest BCUT2D eigenvalue weighted by molar-refractivity contribution is 6.08. The van der Waals surface area contributed by atoms with Crippen molar-refractivity contribution in [3.63, 3.8) is 0 Å². The average molecular weight is 396 g/mol. The fraction of sp³-hybridized carbons (Fsp3) is 0.0435. The number of aryl methyl sites for hydroxylation is 1. The molecule has 7 nitrogen and oxygen atoms in total. The van der Waals surface area contributed by atoms with E-state index < -0.39 is 0 Å². The number of para-hydroxylation sites is 1. The summed E-state index contributed by atoms with van der Waals surface area (Å²) in [7, 11) is 0. The number of aliphatic imine (C=N–C) groups is 1. The topological polar surface area (TPSA) is 91.1 Å². The first-order valence-electron chi connectivity index (χ1n) is 9.39. The zero-order valence-electron chi connectivity index (χ0n) is 16.4. The normalized spacial score (nSPS) is 11.8. The van der Waals surface area contributed by atoms with Crippen LogP contribution in [0.15, 0.2) is 101 Å². The molecule has 4 rings (SSSR count). The van der Waals surface area contributed by atoms with Crippen LogP contribution in [0.4, 0.5) is 5.69 Å². The molecule has 0 radical (unpaired) electrons. The first kappa shape index (κ1) is 19.1. The third-order valence-electron chi connectivity index (χ3n) is 4.51. The highest BCUT2D eigenvalue weighted by Gasteiger charge is 2.11. The summed E-state index contributed by atoms with van der Waals surface area (Å²) in [6, 6.07) is 18.6. The van der Waals surface area contributed by atoms with Crippen LogP contribution in [0.3, 0.4) is 0 Å². The summed E-state index contributed by atoms with van der Waals surface area (Å²) in [4.78, 5) is 17.1. The highest BCUT2D eigenvalue weighted by atomic mass is 16.1. The van der Waals surface area contributed by atoms with E-state index in [1.54, 1.807) is 27.8 Å². The Labute approximate surface area is 173 Å². The van der Waals surface area contributed by atoms with E-state index >= 15 is 0 Å². The molecular weight excluding hydrogens is 376 g/mol. The minimum atomic E-state index is -0.232. The molecule has 0 amide bonds. The molecule has 0 spiro atoms. The molecule has 7 heteroatoms. The van der Waals surface area contributed by atoms with Gasteiger partial charge in [-0.3, -0.25) is 4.79 Å². The van der Waals surface area contributed by atoms with Crippen molar-refractivity contribution in [3.8, 4) is 11.4 Å². The number of hydrogen-bond acceptors (Lipinski definition) is 5. The zero-order chi connectivity index (χ0) is 20.9. The van der Waals surface area contributed by atoms with Gasteiger partial charge in [0.25, 0.3) is 0 Å². The van der Waals surface area contributed by atoms with Crippen LogP contribution in [0.5, 0.6) is 0 Å². The number of hydrogen-bond donors (Lipinski definition) is 1. The fourth-order valence-corrected chi connectivity index (χ4v) is 3.08. The third kappa shape index (κ3) is 3.95. The van der Waals surface area contributed by atoms with Crippen LogP contribution in [0.2, 0.25) is 0 Å². The van der Waals surface area contributed by atoms with Crippen molar-refractivity contribution in [1.29, 1.82) is 0 Å². The maximum Gasteiger partial charge on any atom is 0.209 e. The molecule has 2 N–H and O–H groups in total. The molecule has 0 saturated carbocycles. The molecule has 0 bridgehead atoms. The van der Waals surface area contributed by atoms with Crippen LogP contribution in [0.25, 0.3) is 11.4 Å². The highest BCUT2D eigenvalue weighted by Crippen LogP contribution is 2.18. The Morgan fingerprint density at radius 1 is 1.03 bits per heavy atom. The fourth-order valence-electron chi connectivity index (χ4n) is 3.08. The summed E-state index contributed by atoms with van der Waals surface area (Å²) in [5, 5.41) is 8.81. The molecular formula is C23H20N6O. The van der Waals surface area contributed by atoms with Crippen molar-refractivity contribution >= 4 is 11.4 Å². The van der Waals surface area contributed by atoms with Gasteiger partial charge in [-0.15, -0.1) is 0 Å². The predicted octanol–water partition coefficient (Wildman–Crippen LogP) is 3.32. The van der Waals surface area contributed by atoms with E-state index in [9.17, 15) is 4.79 Å². The van der Waals surface area contributed by atoms with Gasteiger partial charge in [-0.2, -0.15) is 10.2 Å². The summed E-state index contributed by atoms with van der Waals surface area (Å²) in [5.41, 5.74) is 9.48. The van der Waals surface area contributed by atoms with Gasteiger partial charge >= 0.3 is 0 Å². The van der Waals surface area contributed by atoms with Crippen LogP contribution in [0.1, 0.15) is 11.3 Å². The van der Waals surface area contributed by atoms with Crippen molar-refractivity contribution in [1.82, 2.24) is 19.6 Å². The second kappa shape index (κ2) is 8.40. The van der Waals surface area contributed by atoms with Gasteiger partial charge in [0.1, 0.15) is 0 Å². The van der Waals surface area contributed by atoms with E-state index in [0.717, 1.165) is 16.9 Å². The summed E-state index contributed by atoms with van der Waals surface area (Å²) in [6.45, 7) is 1.99. The number of aromatic nitrogens is 4. The maximum absolute atomic E-state index is 12.6. The Kier molecular flexibility index (Phi) is 5.34. The molecule has 2 aromatic heterocycles. The van der Waals surface area contributed by atoms with Gasteiger partial charge in [-0.1, -0.05) is 18.2 Å². The van der Waals surface area contributed by atoms with Crippen LogP contribution < -0.4 is 11.2 Å². The Morgan fingerprint density at radius 3 is 2.57 bits per heavy atom. The molecule has 4 aromatic rings. The molecule has 2 aromatic carbocycles. The molecule has 0 saturated heterocycles. The molecule has 0 aliphatic rings. The quantitative estimate of drug-likeness (QED) is 0.524. The molecule has 0 atom stereocenters. The molecule has 148 valence electrons. The van der Waals surface area contributed by atoms with Gasteiger partial charge in [0.2, 0.25) is 5.43 Å². The smallest absolute Gasteiger partial charge is 0.209 e. The standard InChI is InChI=1S/C23H20N6O/c1-17-16-19(28-14-5-13-25-28)8-9-21(17)29-15-11-22(30)23(27-29)20(10-12-24)26-18-6-3-2-4-7-18/h2-16H,24H2,1H3. The zero-order valence-corrected chi connectivity index (χ0v) is 16.4. The molecule has 0 aliphatic heterocycles. The van der Waals surface area contributed by atoms with E-state index in [4.69, 9.17) is 5.73 Å². The Balaban J connectivity index is 1.78. The number of rotatable bonds is 5. The Hall–Kier alpha value is -4.26. The van der Waals surface area contributed by atoms with Crippen LogP contribution in [-0.4, -0.2) is 25.3 Å². The number of nitrogens with zero attached hydrogens (tertiary/aromatic N) is 5. The first-order valence-corrected chi connectivity index (χ1v) is 9.39. The molecule has 0 aliphatic carbocycles. The van der Waals surface area contributed by atoms with Gasteiger partial charge < -0.3 is 5.73 Å². The van der Waals surface area contributed by atoms with Gasteiger partial charge in [-0.05, 0) is 61.2 Å². The van der Waals surface area contributed by atoms with Crippen molar-refractivity contribution in [2.24, 2.45) is 10.7 Å². The Morgan fingerprint density at radius 2 is 1.87 bits per heavy atom. The van der Waals surface area contributed by atoms with Crippen LogP contribution in [0, 0.1) is 6.92 Å². The second-order valence-corrected chi connectivity index (χ2v) is 6.59. The number of benzene rings is 2. The van der Waals surface area contributed by atoms with Crippen LogP contribution >= 0.6 is 0 Å². The van der Waals surface area contributed by atoms with Gasteiger partial charge in [0.15, 0.2) is 5.69 Å². The minimum Gasteiger partial charge on any atom is -0.405 e. The van der Waals surface area contributed by atoms with E-state index in [0.29, 0.717) is 11.4 Å². The second-order valence-electron chi connectivity index (χ2n) is 6.59. The molecule has 0 fully saturated rings. The van der Waals surface area contributed by atoms with E-state index in [1.165, 1.54) is 12.3 Å². The van der Waals surface area contributed by atoms with Gasteiger partial charge in [-0.25, -0.2) is 14.4 Å². The summed E-state index contributed by atoms with van der Waals surface area (Å²) < 4.78 is 3.46. The molecule has 0 unspecified atom stereocenters. The SMILES string of the molecule is Cc1cc(-n2cccn2)ccc1-n1ccc(=O)c(C(C=CN)=Nc2ccccc2)n1. The molecule has 30 heavy (non-hydrogen) atoms. The summed E-state index contributed by atoms with van der Waals surface area (Å²) in [6.07, 6.45) is 8.19. The lowest BCUT2D eigenvalue weighted by Crippen LogP contribution is -2.20. The maximum atomic E-state index is 12.6. The molecule has 2 heterocycles. The largest absolute Gasteiger partial charge is 0.405 e. The van der Waals surface area contributed by atoms with E-state index in [1.807, 2.05) is 67.7 Å². The third-order valence-corrected chi connectivity index (χ3v) is 4.51. The lowest BCUT2D eigenvalue weighted by Gasteiger charge is -2.12.